The van der Waals surface area contributed by atoms with Gasteiger partial charge in [-0.15, -0.1) is 0 Å². The third-order valence-electron chi connectivity index (χ3n) is 1.89. The summed E-state index contributed by atoms with van der Waals surface area (Å²) in [6.07, 6.45) is 0. The van der Waals surface area contributed by atoms with Crippen LogP contribution in [0.2, 0.25) is 0 Å². The molecule has 0 saturated heterocycles. The van der Waals surface area contributed by atoms with E-state index in [1.54, 1.807) is 0 Å². The van der Waals surface area contributed by atoms with Crippen molar-refractivity contribution in [1.82, 2.24) is 0 Å². The van der Waals surface area contributed by atoms with Crippen LogP contribution in [0.4, 0.5) is 0 Å². The van der Waals surface area contributed by atoms with Gasteiger partial charge >= 0.3 is 5.97 Å². The van der Waals surface area contributed by atoms with Crippen LogP contribution in [0.15, 0.2) is 18.2 Å². The number of hydrogen-bond acceptors (Lipinski definition) is 4. The van der Waals surface area contributed by atoms with Crippen LogP contribution in [0.5, 0.6) is 5.75 Å². The van der Waals surface area contributed by atoms with Crippen LogP contribution in [0.3, 0.4) is 0 Å². The number of para-hydroxylation sites is 1. The Labute approximate surface area is 86.8 Å². The molecule has 0 unspecified atom stereocenters. The van der Waals surface area contributed by atoms with Crippen molar-refractivity contribution in [2.45, 2.75) is 0 Å². The highest BCUT2D eigenvalue weighted by Crippen LogP contribution is 2.23. The minimum absolute atomic E-state index is 0.136. The second-order valence-electron chi connectivity index (χ2n) is 2.74. The minimum atomic E-state index is -0.655. The molecule has 0 radical (unpaired) electrons. The summed E-state index contributed by atoms with van der Waals surface area (Å²) in [7, 11) is 2.60. The van der Waals surface area contributed by atoms with Gasteiger partial charge in [-0.1, -0.05) is 6.07 Å². The van der Waals surface area contributed by atoms with Gasteiger partial charge in [0, 0.05) is 0 Å². The average Bonchev–Trinajstić information content (AvgIpc) is 2.26. The fraction of sp³-hybridized carbons (Fsp3) is 0.200. The first-order chi connectivity index (χ1) is 7.11. The highest BCUT2D eigenvalue weighted by Gasteiger charge is 2.18. The summed E-state index contributed by atoms with van der Waals surface area (Å²) in [5.74, 6) is -1.09. The zero-order valence-electron chi connectivity index (χ0n) is 8.44. The van der Waals surface area contributed by atoms with Gasteiger partial charge in [0.25, 0.3) is 5.91 Å². The number of carbonyl (C=O) groups is 2. The van der Waals surface area contributed by atoms with Gasteiger partial charge in [0.15, 0.2) is 0 Å². The zero-order valence-corrected chi connectivity index (χ0v) is 8.44. The number of esters is 1. The van der Waals surface area contributed by atoms with E-state index in [0.717, 1.165) is 0 Å². The molecule has 0 fully saturated rings. The SMILES string of the molecule is COC(=O)c1cccc(C(N)=O)c1OC. The lowest BCUT2D eigenvalue weighted by molar-refractivity contribution is 0.0597. The van der Waals surface area contributed by atoms with E-state index in [1.807, 2.05) is 0 Å². The van der Waals surface area contributed by atoms with E-state index in [1.165, 1.54) is 32.4 Å². The molecule has 0 aliphatic carbocycles. The van der Waals surface area contributed by atoms with Crippen molar-refractivity contribution in [3.05, 3.63) is 29.3 Å². The molecule has 0 aromatic heterocycles. The molecule has 1 aromatic carbocycles. The van der Waals surface area contributed by atoms with E-state index in [-0.39, 0.29) is 16.9 Å². The number of ether oxygens (including phenoxy) is 2. The van der Waals surface area contributed by atoms with Gasteiger partial charge in [-0.3, -0.25) is 4.79 Å². The topological polar surface area (TPSA) is 78.6 Å². The number of benzene rings is 1. The summed E-state index contributed by atoms with van der Waals surface area (Å²) in [4.78, 5) is 22.3. The van der Waals surface area contributed by atoms with E-state index in [2.05, 4.69) is 4.74 Å². The Morgan fingerprint density at radius 3 is 2.27 bits per heavy atom. The maximum absolute atomic E-state index is 11.3. The Bertz CT molecular complexity index is 400. The van der Waals surface area contributed by atoms with E-state index >= 15 is 0 Å². The number of hydrogen-bond donors (Lipinski definition) is 1. The van der Waals surface area contributed by atoms with Crippen LogP contribution >= 0.6 is 0 Å². The molecule has 80 valence electrons. The van der Waals surface area contributed by atoms with Crippen molar-refractivity contribution in [3.63, 3.8) is 0 Å². The van der Waals surface area contributed by atoms with Crippen molar-refractivity contribution in [2.75, 3.05) is 14.2 Å². The van der Waals surface area contributed by atoms with Crippen LogP contribution < -0.4 is 10.5 Å². The molecular formula is C10H11NO4. The largest absolute Gasteiger partial charge is 0.495 e. The van der Waals surface area contributed by atoms with Gasteiger partial charge in [0.1, 0.15) is 11.3 Å². The van der Waals surface area contributed by atoms with Crippen molar-refractivity contribution >= 4 is 11.9 Å². The first-order valence-electron chi connectivity index (χ1n) is 4.17. The van der Waals surface area contributed by atoms with Crippen LogP contribution in [-0.4, -0.2) is 26.1 Å². The Morgan fingerprint density at radius 2 is 1.80 bits per heavy atom. The van der Waals surface area contributed by atoms with Crippen LogP contribution in [0.1, 0.15) is 20.7 Å². The molecule has 0 heterocycles. The first-order valence-corrected chi connectivity index (χ1v) is 4.17. The molecule has 2 N–H and O–H groups in total. The van der Waals surface area contributed by atoms with Crippen molar-refractivity contribution in [3.8, 4) is 5.75 Å². The molecule has 0 spiro atoms. The lowest BCUT2D eigenvalue weighted by Crippen LogP contribution is -2.15. The summed E-state index contributed by atoms with van der Waals surface area (Å²) in [6, 6.07) is 4.51. The smallest absolute Gasteiger partial charge is 0.341 e. The molecule has 1 aromatic rings. The molecule has 15 heavy (non-hydrogen) atoms. The average molecular weight is 209 g/mol. The van der Waals surface area contributed by atoms with Crippen molar-refractivity contribution in [1.29, 1.82) is 0 Å². The van der Waals surface area contributed by atoms with Crippen LogP contribution in [0.25, 0.3) is 0 Å². The Hall–Kier alpha value is -2.04. The Kier molecular flexibility index (Phi) is 3.28. The van der Waals surface area contributed by atoms with Gasteiger partial charge < -0.3 is 15.2 Å². The van der Waals surface area contributed by atoms with Gasteiger partial charge in [-0.25, -0.2) is 4.79 Å². The maximum atomic E-state index is 11.3. The fourth-order valence-corrected chi connectivity index (χ4v) is 1.22. The highest BCUT2D eigenvalue weighted by atomic mass is 16.5. The molecule has 0 aliphatic rings. The molecule has 0 bridgehead atoms. The highest BCUT2D eigenvalue weighted by molar-refractivity contribution is 6.01. The number of amides is 1. The summed E-state index contributed by atoms with van der Waals surface area (Å²) >= 11 is 0. The third-order valence-corrected chi connectivity index (χ3v) is 1.89. The van der Waals surface area contributed by atoms with Gasteiger partial charge in [-0.05, 0) is 12.1 Å². The molecule has 0 atom stereocenters. The molecule has 1 amide bonds. The maximum Gasteiger partial charge on any atom is 0.341 e. The second kappa shape index (κ2) is 4.45. The number of primary amides is 1. The lowest BCUT2D eigenvalue weighted by atomic mass is 10.1. The summed E-state index contributed by atoms with van der Waals surface area (Å²) in [5.41, 5.74) is 5.46. The van der Waals surface area contributed by atoms with Gasteiger partial charge in [0.05, 0.1) is 19.8 Å². The predicted octanol–water partition coefficient (Wildman–Crippen LogP) is 0.581. The number of methoxy groups -OCH3 is 2. The number of nitrogens with two attached hydrogens (primary N) is 1. The van der Waals surface area contributed by atoms with E-state index in [0.29, 0.717) is 0 Å². The minimum Gasteiger partial charge on any atom is -0.495 e. The number of carbonyl (C=O) groups excluding carboxylic acids is 2. The normalized spacial score (nSPS) is 9.47. The Morgan fingerprint density at radius 1 is 1.20 bits per heavy atom. The van der Waals surface area contributed by atoms with Crippen molar-refractivity contribution in [2.24, 2.45) is 5.73 Å². The van der Waals surface area contributed by atoms with Crippen LogP contribution in [-0.2, 0) is 4.74 Å². The summed E-state index contributed by atoms with van der Waals surface area (Å²) < 4.78 is 9.50. The number of rotatable bonds is 3. The summed E-state index contributed by atoms with van der Waals surface area (Å²) in [6.45, 7) is 0. The standard InChI is InChI=1S/C10H11NO4/c1-14-8-6(9(11)12)4-3-5-7(8)10(13)15-2/h3-5H,1-2H3,(H2,11,12). The van der Waals surface area contributed by atoms with Crippen molar-refractivity contribution < 1.29 is 19.1 Å². The van der Waals surface area contributed by atoms with E-state index in [9.17, 15) is 9.59 Å². The monoisotopic (exact) mass is 209 g/mol. The quantitative estimate of drug-likeness (QED) is 0.738. The molecule has 5 heteroatoms. The molecule has 0 saturated carbocycles. The van der Waals surface area contributed by atoms with Crippen LogP contribution in [0, 0.1) is 0 Å². The first kappa shape index (κ1) is 11.0. The molecule has 5 nitrogen and oxygen atoms in total. The zero-order chi connectivity index (χ0) is 11.4. The lowest BCUT2D eigenvalue weighted by Gasteiger charge is -2.09. The molecule has 0 aliphatic heterocycles. The van der Waals surface area contributed by atoms with Gasteiger partial charge in [0.2, 0.25) is 0 Å². The van der Waals surface area contributed by atoms with E-state index in [4.69, 9.17) is 10.5 Å². The van der Waals surface area contributed by atoms with E-state index < -0.39 is 11.9 Å². The fourth-order valence-electron chi connectivity index (χ4n) is 1.22. The molecular weight excluding hydrogens is 198 g/mol. The Balaban J connectivity index is 3.34. The second-order valence-corrected chi connectivity index (χ2v) is 2.74. The molecule has 1 rings (SSSR count). The third kappa shape index (κ3) is 2.07. The van der Waals surface area contributed by atoms with Gasteiger partial charge in [-0.2, -0.15) is 0 Å². The summed E-state index contributed by atoms with van der Waals surface area (Å²) in [5, 5.41) is 0. The predicted molar refractivity (Wildman–Crippen MR) is 52.9 cm³/mol.